The van der Waals surface area contributed by atoms with E-state index in [0.717, 1.165) is 59.2 Å². The number of amides is 2. The van der Waals surface area contributed by atoms with Gasteiger partial charge in [0.15, 0.2) is 0 Å². The Morgan fingerprint density at radius 1 is 0.537 bits per heavy atom. The molecular weight excluding hydrogens is 1230 g/mol. The molecule has 0 aliphatic rings. The smallest absolute Gasteiger partial charge is 0.870 e. The minimum absolute atomic E-state index is 0. The molecule has 0 saturated carbocycles. The van der Waals surface area contributed by atoms with Crippen LogP contribution >= 0.6 is 0 Å². The van der Waals surface area contributed by atoms with Crippen LogP contribution in [0.15, 0.2) is 82.6 Å². The molecule has 2 aromatic heterocycles. The van der Waals surface area contributed by atoms with Crippen LogP contribution in [-0.2, 0) is 36.8 Å². The number of ether oxygens (including phenoxy) is 1. The van der Waals surface area contributed by atoms with Crippen molar-refractivity contribution in [3.05, 3.63) is 183 Å². The fraction of sp³-hybridized carbons (Fsp3) is 0.472. The number of pyridine rings is 2. The molecule has 0 spiro atoms. The first-order valence-electron chi connectivity index (χ1n) is 31.1. The average molecular weight is 1330 g/mol. The van der Waals surface area contributed by atoms with Gasteiger partial charge in [0.25, 0.3) is 24.0 Å². The van der Waals surface area contributed by atoms with E-state index in [4.69, 9.17) is 4.74 Å². The average Bonchev–Trinajstić information content (AvgIpc) is 0.801. The largest absolute Gasteiger partial charge is 1.00 e. The molecule has 4 atom stereocenters. The molecule has 2 heterocycles. The minimum atomic E-state index is -3.06. The number of hydrogen-bond acceptors (Lipinski definition) is 10. The predicted molar refractivity (Wildman–Crippen MR) is 355 cm³/mol. The topological polar surface area (TPSA) is 234 Å². The third-order valence-corrected chi connectivity index (χ3v) is 16.0. The monoisotopic (exact) mass is 1320 g/mol. The maximum Gasteiger partial charge on any atom is 1.00 e. The molecule has 0 bridgehead atoms. The summed E-state index contributed by atoms with van der Waals surface area (Å²) in [5, 5.41) is 15.3. The molecule has 16 nitrogen and oxygen atoms in total. The van der Waals surface area contributed by atoms with E-state index in [2.05, 4.69) is 10.6 Å². The number of carboxylic acid groups (broad SMARTS) is 1. The summed E-state index contributed by atoms with van der Waals surface area (Å²) in [6, 6.07) is 12.2. The Hall–Kier alpha value is -7.32. The Morgan fingerprint density at radius 2 is 0.874 bits per heavy atom. The number of carbonyl (C=O) groups excluding carboxylic acids is 3. The molecule has 0 aliphatic heterocycles. The van der Waals surface area contributed by atoms with Crippen LogP contribution in [0, 0.1) is 78.9 Å². The minimum Gasteiger partial charge on any atom is -0.870 e. The summed E-state index contributed by atoms with van der Waals surface area (Å²) in [6.07, 6.45) is -3.24. The van der Waals surface area contributed by atoms with Gasteiger partial charge < -0.3 is 50.4 Å². The number of aliphatic carboxylic acids is 1. The van der Waals surface area contributed by atoms with E-state index in [1.54, 1.807) is 45.0 Å². The van der Waals surface area contributed by atoms with Gasteiger partial charge in [0, 0.05) is 36.6 Å². The summed E-state index contributed by atoms with van der Waals surface area (Å²) >= 11 is 0. The molecule has 516 valence electrons. The van der Waals surface area contributed by atoms with Gasteiger partial charge >= 0.3 is 30.8 Å². The third kappa shape index (κ3) is 22.6. The molecule has 0 fully saturated rings. The van der Waals surface area contributed by atoms with Crippen LogP contribution in [0.4, 0.5) is 26.3 Å². The Labute approximate surface area is 566 Å². The first-order chi connectivity index (χ1) is 43.0. The fourth-order valence-corrected chi connectivity index (χ4v) is 11.9. The van der Waals surface area contributed by atoms with Crippen molar-refractivity contribution in [1.82, 2.24) is 29.6 Å². The molecule has 6 N–H and O–H groups in total. The molecular formula is C72H95F6LiN6O10. The zero-order chi connectivity index (χ0) is 68.9. The van der Waals surface area contributed by atoms with Crippen molar-refractivity contribution < 1.29 is 85.2 Å². The maximum absolute atomic E-state index is 16.0. The molecule has 0 aliphatic carbocycles. The van der Waals surface area contributed by atoms with Crippen molar-refractivity contribution in [3.8, 4) is 22.3 Å². The maximum atomic E-state index is 16.0. The Bertz CT molecular complexity index is 3710. The van der Waals surface area contributed by atoms with Crippen molar-refractivity contribution >= 4 is 23.8 Å². The summed E-state index contributed by atoms with van der Waals surface area (Å²) in [6.45, 7) is 25.2. The Morgan fingerprint density at radius 3 is 1.17 bits per heavy atom. The van der Waals surface area contributed by atoms with E-state index < -0.39 is 101 Å². The molecule has 2 amide bonds. The van der Waals surface area contributed by atoms with Crippen LogP contribution in [0.3, 0.4) is 0 Å². The fourth-order valence-electron chi connectivity index (χ4n) is 11.9. The summed E-state index contributed by atoms with van der Waals surface area (Å²) in [5.41, 5.74) is 7.50. The number of hydrogen-bond donors (Lipinski definition) is 3. The van der Waals surface area contributed by atoms with E-state index in [0.29, 0.717) is 48.2 Å². The Kier molecular flexibility index (Phi) is 32.9. The van der Waals surface area contributed by atoms with Crippen LogP contribution in [-0.4, -0.2) is 107 Å². The normalized spacial score (nSPS) is 12.6. The molecule has 4 aromatic carbocycles. The van der Waals surface area contributed by atoms with Gasteiger partial charge in [-0.25, -0.2) is 26.3 Å². The SMILES string of the molecule is CCOC(=O)C[C@H](NC(=O)C(CC(C)C)n1cc(CCN(C)C)cc(C(F)F)c1=O)c1cc(-c2c(C)cc(C)cc2C)cc(C)c1F.Cc1cc(C)c(-c2cc(C)c(F)c([C@H](CC(=O)O)NC(=O)C(CC(C)C)n3cc(CCN(C)C)cc(C(F)F)c3=O)c2)c(C)c1.O.[Li+].[OH-]. The van der Waals surface area contributed by atoms with Crippen LogP contribution in [0.1, 0.15) is 175 Å². The number of esters is 1. The van der Waals surface area contributed by atoms with Crippen LogP contribution in [0.25, 0.3) is 22.3 Å². The van der Waals surface area contributed by atoms with Crippen LogP contribution in [0.5, 0.6) is 0 Å². The standard InChI is InChI=1S/C37H48F3N3O4.C35H44F3N3O4.Li.2H2O/c1-10-47-32(44)19-30(28-18-27(16-25(7)34(28)38)33-23(5)14-22(4)15-24(33)6)41-36(45)31(13-21(2)3)43-20-26(11-12-42(8)9)17-29(35(39)40)37(43)46;1-19(2)11-29(41-18-24(9-10-40(7)8)15-27(33(37)38)35(41)45)34(44)39-28(17-30(42)43)26-16-25(14-23(6)32(26)36)31-21(4)12-20(3)13-22(31)5;;;/h14-18,20-21,30-31,35H,10-13,19H2,1-9H3,(H,41,45);12-16,18-19,28-29,33H,9-11,17H2,1-8H3,(H,39,44)(H,42,43);;2*1H2/q;;+1;;/p-1/t30-,31?;28-,29?;;;/m00.../s1. The van der Waals surface area contributed by atoms with E-state index >= 15 is 8.78 Å². The molecule has 6 rings (SSSR count). The molecule has 0 saturated heterocycles. The van der Waals surface area contributed by atoms with E-state index in [1.165, 1.54) is 24.5 Å². The zero-order valence-corrected chi connectivity index (χ0v) is 58.2. The van der Waals surface area contributed by atoms with Gasteiger partial charge in [0.05, 0.1) is 42.7 Å². The van der Waals surface area contributed by atoms with Crippen LogP contribution < -0.4 is 40.6 Å². The number of alkyl halides is 4. The van der Waals surface area contributed by atoms with Gasteiger partial charge in [-0.15, -0.1) is 0 Å². The summed E-state index contributed by atoms with van der Waals surface area (Å²) < 4.78 is 95.2. The molecule has 23 heteroatoms. The number of carbonyl (C=O) groups is 4. The number of benzene rings is 4. The number of nitrogens with one attached hydrogen (secondary N) is 2. The van der Waals surface area contributed by atoms with Crippen molar-refractivity contribution in [3.63, 3.8) is 0 Å². The van der Waals surface area contributed by atoms with Crippen molar-refractivity contribution in [1.29, 1.82) is 0 Å². The summed E-state index contributed by atoms with van der Waals surface area (Å²) in [5.74, 6) is -4.86. The van der Waals surface area contributed by atoms with Crippen LogP contribution in [0.2, 0.25) is 0 Å². The summed E-state index contributed by atoms with van der Waals surface area (Å²) in [7, 11) is 7.36. The predicted octanol–water partition coefficient (Wildman–Crippen LogP) is 10.2. The molecule has 2 unspecified atom stereocenters. The van der Waals surface area contributed by atoms with Crippen molar-refractivity contribution in [2.24, 2.45) is 11.8 Å². The number of halogens is 6. The van der Waals surface area contributed by atoms with Crippen molar-refractivity contribution in [2.45, 2.75) is 166 Å². The van der Waals surface area contributed by atoms with E-state index in [9.17, 15) is 51.4 Å². The second-order valence-electron chi connectivity index (χ2n) is 25.7. The number of aromatic nitrogens is 2. The summed E-state index contributed by atoms with van der Waals surface area (Å²) in [4.78, 5) is 83.4. The van der Waals surface area contributed by atoms with Gasteiger partial charge in [-0.1, -0.05) is 63.1 Å². The van der Waals surface area contributed by atoms with Crippen molar-refractivity contribution in [2.75, 3.05) is 47.9 Å². The molecule has 95 heavy (non-hydrogen) atoms. The number of likely N-dealkylation sites (N-methyl/N-ethyl adjacent to an activating group) is 2. The second-order valence-corrected chi connectivity index (χ2v) is 25.7. The quantitative estimate of drug-likeness (QED) is 0.0249. The third-order valence-electron chi connectivity index (χ3n) is 16.0. The number of aryl methyl sites for hydroxylation is 8. The first kappa shape index (κ1) is 83.8. The number of rotatable bonds is 27. The van der Waals surface area contributed by atoms with Gasteiger partial charge in [0.1, 0.15) is 23.7 Å². The second kappa shape index (κ2) is 37.3. The molecule has 0 radical (unpaired) electrons. The number of carboxylic acids is 1. The Balaban J connectivity index is 0.000000627. The number of nitrogens with zero attached hydrogens (tertiary/aromatic N) is 4. The zero-order valence-electron chi connectivity index (χ0n) is 58.2. The van der Waals surface area contributed by atoms with E-state index in [-0.39, 0.29) is 84.2 Å². The van der Waals surface area contributed by atoms with Gasteiger partial charge in [-0.2, -0.15) is 0 Å². The van der Waals surface area contributed by atoms with Gasteiger partial charge in [-0.05, 0) is 231 Å². The van der Waals surface area contributed by atoms with Gasteiger partial charge in [-0.3, -0.25) is 28.8 Å². The first-order valence-corrected chi connectivity index (χ1v) is 31.1. The van der Waals surface area contributed by atoms with E-state index in [1.807, 2.05) is 131 Å². The van der Waals surface area contributed by atoms with Gasteiger partial charge in [0.2, 0.25) is 11.8 Å². The molecule has 6 aromatic rings.